The van der Waals surface area contributed by atoms with Crippen LogP contribution in [0.2, 0.25) is 0 Å². The van der Waals surface area contributed by atoms with Crippen LogP contribution in [-0.4, -0.2) is 26.3 Å². The fraction of sp³-hybridized carbons (Fsp3) is 0.0769. The van der Waals surface area contributed by atoms with Crippen LogP contribution in [0.4, 0.5) is 0 Å². The lowest BCUT2D eigenvalue weighted by atomic mass is 9.81. The highest BCUT2D eigenvalue weighted by molar-refractivity contribution is 6.58. The zero-order valence-electron chi connectivity index (χ0n) is 39.6. The first-order chi connectivity index (χ1) is 34.4. The normalized spacial score (nSPS) is 11.6. The Kier molecular flexibility index (Phi) is 10.9. The van der Waals surface area contributed by atoms with Crippen LogP contribution in [0.25, 0.3) is 119 Å². The average molecular weight is 903 g/mol. The van der Waals surface area contributed by atoms with Crippen molar-refractivity contribution in [2.45, 2.75) is 33.9 Å². The summed E-state index contributed by atoms with van der Waals surface area (Å²) in [6, 6.07) is 78.1. The molecule has 336 valence electrons. The number of aryl methyl sites for hydroxylation is 3. The van der Waals surface area contributed by atoms with Crippen molar-refractivity contribution in [3.8, 4) is 11.1 Å². The molecule has 2 N–H and O–H groups in total. The van der Waals surface area contributed by atoms with Gasteiger partial charge in [0, 0.05) is 56.7 Å². The van der Waals surface area contributed by atoms with Crippen LogP contribution in [0.5, 0.6) is 0 Å². The van der Waals surface area contributed by atoms with E-state index in [1.54, 1.807) is 24.3 Å². The molecule has 12 aromatic carbocycles. The summed E-state index contributed by atoms with van der Waals surface area (Å²) in [5.74, 6) is 0. The van der Waals surface area contributed by atoms with Gasteiger partial charge in [-0.05, 0) is 144 Å². The predicted octanol–water partition coefficient (Wildman–Crippen LogP) is 15.9. The topological polar surface area (TPSA) is 50.3 Å². The van der Waals surface area contributed by atoms with Crippen LogP contribution >= 0.6 is 0 Å². The van der Waals surface area contributed by atoms with Gasteiger partial charge in [0.25, 0.3) is 0 Å². The van der Waals surface area contributed by atoms with E-state index in [4.69, 9.17) is 10.0 Å². The van der Waals surface area contributed by atoms with E-state index in [-0.39, 0.29) is 0 Å². The maximum absolute atomic E-state index is 8.58. The van der Waals surface area contributed by atoms with Gasteiger partial charge >= 0.3 is 7.12 Å². The number of hydrogen-bond acceptors (Lipinski definition) is 2. The Morgan fingerprint density at radius 2 is 0.671 bits per heavy atom. The van der Waals surface area contributed by atoms with Crippen molar-refractivity contribution in [3.63, 3.8) is 0 Å². The molecule has 0 fully saturated rings. The van der Waals surface area contributed by atoms with Gasteiger partial charge in [-0.1, -0.05) is 181 Å². The first kappa shape index (κ1) is 43.1. The molecule has 0 unspecified atom stereocenters. The SMILES string of the molecule is CCn1c2ccccc2c2cc3c4ccc(-c5ccccc5)cc4c4ccccc4c3cc21.CCn1c2ccccc2c2cc3c4ccc(C)cc4c4ccccc4c3cc21.OB(O)c1ccccc1. The van der Waals surface area contributed by atoms with Crippen LogP contribution < -0.4 is 5.46 Å². The molecule has 0 aliphatic heterocycles. The minimum Gasteiger partial charge on any atom is -0.423 e. The van der Waals surface area contributed by atoms with E-state index >= 15 is 0 Å². The second-order valence-corrected chi connectivity index (χ2v) is 18.4. The van der Waals surface area contributed by atoms with E-state index < -0.39 is 7.12 Å². The van der Waals surface area contributed by atoms with E-state index in [2.05, 4.69) is 218 Å². The molecular weight excluding hydrogens is 852 g/mol. The monoisotopic (exact) mass is 902 g/mol. The van der Waals surface area contributed by atoms with Crippen molar-refractivity contribution >= 4 is 121 Å². The Hall–Kier alpha value is -8.22. The Bertz CT molecular complexity index is 4310. The van der Waals surface area contributed by atoms with Crippen molar-refractivity contribution in [3.05, 3.63) is 224 Å². The zero-order valence-corrected chi connectivity index (χ0v) is 39.6. The standard InChI is InChI=1S/C32H23N.C27H21N.C6H7BO2/c1-2-33-31-15-9-8-14-26(31)30-19-28-25-17-16-22(21-10-4-3-5-11-21)18-27(25)23-12-6-7-13-24(23)29(28)20-32(30)33;1-3-28-26-11-7-6-10-21(26)25-15-23-20-13-12-17(2)14-22(20)18-8-4-5-9-19(18)24(23)16-27(25)28;8-7(9)6-4-2-1-3-5-6/h3-20H,2H2,1H3;4-16H,3H2,1-2H3;1-5,8-9H. The van der Waals surface area contributed by atoms with Crippen LogP contribution in [0, 0.1) is 6.92 Å². The van der Waals surface area contributed by atoms with Gasteiger partial charge in [0.2, 0.25) is 0 Å². The molecule has 70 heavy (non-hydrogen) atoms. The maximum Gasteiger partial charge on any atom is 0.488 e. The number of rotatable bonds is 4. The highest BCUT2D eigenvalue weighted by Crippen LogP contribution is 2.42. The third-order valence-electron chi connectivity index (χ3n) is 14.5. The molecule has 4 nitrogen and oxygen atoms in total. The number of hydrogen-bond donors (Lipinski definition) is 2. The molecule has 14 aromatic rings. The summed E-state index contributed by atoms with van der Waals surface area (Å²) in [6.07, 6.45) is 0. The molecule has 0 bridgehead atoms. The van der Waals surface area contributed by atoms with E-state index in [1.165, 1.54) is 125 Å². The van der Waals surface area contributed by atoms with Crippen molar-refractivity contribution in [2.75, 3.05) is 0 Å². The fourth-order valence-corrected chi connectivity index (χ4v) is 11.2. The molecule has 0 spiro atoms. The number of benzene rings is 12. The highest BCUT2D eigenvalue weighted by atomic mass is 16.4. The van der Waals surface area contributed by atoms with Gasteiger partial charge in [-0.15, -0.1) is 0 Å². The third-order valence-corrected chi connectivity index (χ3v) is 14.5. The first-order valence-corrected chi connectivity index (χ1v) is 24.4. The molecule has 2 heterocycles. The highest BCUT2D eigenvalue weighted by Gasteiger charge is 2.17. The Morgan fingerprint density at radius 3 is 1.13 bits per heavy atom. The molecule has 14 rings (SSSR count). The molecule has 0 radical (unpaired) electrons. The average Bonchev–Trinajstić information content (AvgIpc) is 3.91. The lowest BCUT2D eigenvalue weighted by Crippen LogP contribution is -2.29. The van der Waals surface area contributed by atoms with Gasteiger partial charge in [-0.2, -0.15) is 0 Å². The molecule has 0 saturated carbocycles. The lowest BCUT2D eigenvalue weighted by molar-refractivity contribution is 0.426. The summed E-state index contributed by atoms with van der Waals surface area (Å²) in [6.45, 7) is 8.58. The molecule has 5 heteroatoms. The van der Waals surface area contributed by atoms with Gasteiger partial charge in [0.1, 0.15) is 0 Å². The summed E-state index contributed by atoms with van der Waals surface area (Å²) in [5.41, 5.74) is 9.62. The number of aromatic nitrogens is 2. The van der Waals surface area contributed by atoms with Crippen LogP contribution in [0.1, 0.15) is 19.4 Å². The number of nitrogens with zero attached hydrogens (tertiary/aromatic N) is 2. The van der Waals surface area contributed by atoms with E-state index in [9.17, 15) is 0 Å². The molecule has 0 aliphatic carbocycles. The quantitative estimate of drug-likeness (QED) is 0.137. The second kappa shape index (κ2) is 17.7. The Labute approximate surface area is 407 Å². The van der Waals surface area contributed by atoms with Gasteiger partial charge in [0.15, 0.2) is 0 Å². The second-order valence-electron chi connectivity index (χ2n) is 18.4. The Morgan fingerprint density at radius 1 is 0.300 bits per heavy atom. The third kappa shape index (κ3) is 7.17. The largest absolute Gasteiger partial charge is 0.488 e. The van der Waals surface area contributed by atoms with Crippen molar-refractivity contribution in [1.82, 2.24) is 9.13 Å². The first-order valence-electron chi connectivity index (χ1n) is 24.4. The maximum atomic E-state index is 8.58. The lowest BCUT2D eigenvalue weighted by Gasteiger charge is -2.13. The van der Waals surface area contributed by atoms with Crippen molar-refractivity contribution < 1.29 is 10.0 Å². The number of para-hydroxylation sites is 2. The van der Waals surface area contributed by atoms with Crippen LogP contribution in [0.3, 0.4) is 0 Å². The summed E-state index contributed by atoms with van der Waals surface area (Å²) in [5, 5.41) is 38.5. The van der Waals surface area contributed by atoms with Gasteiger partial charge in [0.05, 0.1) is 0 Å². The van der Waals surface area contributed by atoms with Crippen molar-refractivity contribution in [1.29, 1.82) is 0 Å². The minimum absolute atomic E-state index is 0.525. The van der Waals surface area contributed by atoms with Gasteiger partial charge in [-0.25, -0.2) is 0 Å². The van der Waals surface area contributed by atoms with Gasteiger partial charge in [-0.3, -0.25) is 0 Å². The summed E-state index contributed by atoms with van der Waals surface area (Å²) in [7, 11) is -1.34. The molecule has 0 atom stereocenters. The van der Waals surface area contributed by atoms with Crippen LogP contribution in [-0.2, 0) is 13.1 Å². The molecule has 2 aromatic heterocycles. The van der Waals surface area contributed by atoms with Crippen LogP contribution in [0.15, 0.2) is 218 Å². The summed E-state index contributed by atoms with van der Waals surface area (Å²) < 4.78 is 4.89. The molecule has 0 aliphatic rings. The number of fused-ring (bicyclic) bond motifs is 18. The van der Waals surface area contributed by atoms with E-state index in [0.717, 1.165) is 13.1 Å². The predicted molar refractivity (Wildman–Crippen MR) is 302 cm³/mol. The van der Waals surface area contributed by atoms with E-state index in [1.807, 2.05) is 6.07 Å². The molecule has 0 saturated heterocycles. The molecule has 0 amide bonds. The smallest absolute Gasteiger partial charge is 0.423 e. The molecular formula is C65H51BN2O2. The van der Waals surface area contributed by atoms with E-state index in [0.29, 0.717) is 5.46 Å². The van der Waals surface area contributed by atoms with Gasteiger partial charge < -0.3 is 19.2 Å². The minimum atomic E-state index is -1.34. The van der Waals surface area contributed by atoms with Crippen molar-refractivity contribution in [2.24, 2.45) is 0 Å². The fourth-order valence-electron chi connectivity index (χ4n) is 11.2. The zero-order chi connectivity index (χ0) is 47.5. The summed E-state index contributed by atoms with van der Waals surface area (Å²) >= 11 is 0. The summed E-state index contributed by atoms with van der Waals surface area (Å²) in [4.78, 5) is 0. The Balaban J connectivity index is 0.000000124.